The molecule has 0 aliphatic heterocycles. The zero-order chi connectivity index (χ0) is 17.0. The van der Waals surface area contributed by atoms with Gasteiger partial charge in [-0.15, -0.1) is 11.3 Å². The molecule has 0 saturated heterocycles. The van der Waals surface area contributed by atoms with E-state index in [2.05, 4.69) is 59.2 Å². The minimum absolute atomic E-state index is 0.825. The number of guanidine groups is 1. The average molecular weight is 345 g/mol. The lowest BCUT2D eigenvalue weighted by atomic mass is 10.3. The van der Waals surface area contributed by atoms with Gasteiger partial charge in [-0.25, -0.2) is 0 Å². The van der Waals surface area contributed by atoms with Gasteiger partial charge in [0.15, 0.2) is 5.96 Å². The van der Waals surface area contributed by atoms with E-state index in [-0.39, 0.29) is 0 Å². The molecule has 2 rings (SSSR count). The molecule has 0 radical (unpaired) electrons. The van der Waals surface area contributed by atoms with Crippen LogP contribution in [-0.2, 0) is 6.42 Å². The van der Waals surface area contributed by atoms with Crippen LogP contribution in [0.1, 0.15) is 18.2 Å². The number of rotatable bonds is 9. The molecular formula is C19H28N4S. The van der Waals surface area contributed by atoms with E-state index in [1.165, 1.54) is 10.6 Å². The van der Waals surface area contributed by atoms with E-state index in [0.29, 0.717) is 0 Å². The molecule has 0 saturated carbocycles. The van der Waals surface area contributed by atoms with Gasteiger partial charge in [0.2, 0.25) is 0 Å². The van der Waals surface area contributed by atoms with E-state index in [0.717, 1.165) is 45.0 Å². The van der Waals surface area contributed by atoms with Crippen LogP contribution in [0.25, 0.3) is 0 Å². The van der Waals surface area contributed by atoms with Crippen molar-refractivity contribution < 1.29 is 0 Å². The Kier molecular flexibility index (Phi) is 8.18. The normalized spacial score (nSPS) is 11.3. The monoisotopic (exact) mass is 344 g/mol. The summed E-state index contributed by atoms with van der Waals surface area (Å²) >= 11 is 1.82. The molecule has 0 aliphatic carbocycles. The number of thiophene rings is 1. The summed E-state index contributed by atoms with van der Waals surface area (Å²) in [6, 6.07) is 14.6. The van der Waals surface area contributed by atoms with Crippen LogP contribution in [0.5, 0.6) is 0 Å². The maximum absolute atomic E-state index is 4.74. The van der Waals surface area contributed by atoms with Crippen LogP contribution in [0.4, 0.5) is 5.69 Å². The number of para-hydroxylation sites is 1. The van der Waals surface area contributed by atoms with Gasteiger partial charge in [-0.2, -0.15) is 0 Å². The second kappa shape index (κ2) is 10.7. The van der Waals surface area contributed by atoms with Crippen LogP contribution >= 0.6 is 11.3 Å². The highest BCUT2D eigenvalue weighted by molar-refractivity contribution is 7.09. The van der Waals surface area contributed by atoms with E-state index >= 15 is 0 Å². The van der Waals surface area contributed by atoms with Crippen molar-refractivity contribution in [1.82, 2.24) is 10.2 Å². The topological polar surface area (TPSA) is 39.7 Å². The molecule has 0 aliphatic rings. The summed E-state index contributed by atoms with van der Waals surface area (Å²) in [6.07, 6.45) is 2.08. The molecule has 0 fully saturated rings. The van der Waals surface area contributed by atoms with E-state index in [1.807, 2.05) is 29.5 Å². The zero-order valence-electron chi connectivity index (χ0n) is 14.7. The van der Waals surface area contributed by atoms with E-state index in [1.54, 1.807) is 0 Å². The highest BCUT2D eigenvalue weighted by Crippen LogP contribution is 2.09. The Hall–Kier alpha value is -2.01. The van der Waals surface area contributed by atoms with Crippen LogP contribution in [0.2, 0.25) is 0 Å². The van der Waals surface area contributed by atoms with Crippen molar-refractivity contribution in [3.8, 4) is 0 Å². The fourth-order valence-electron chi connectivity index (χ4n) is 2.36. The number of hydrogen-bond donors (Lipinski definition) is 2. The van der Waals surface area contributed by atoms with Crippen LogP contribution in [0.3, 0.4) is 0 Å². The standard InChI is InChI=1S/C19H28N4S/c1-3-20-19(23(2)15-12-18-11-7-16-24-18)22-14-8-13-21-17-9-5-4-6-10-17/h4-7,9-11,16,21H,3,8,12-15H2,1-2H3,(H,20,22). The molecule has 2 N–H and O–H groups in total. The van der Waals surface area contributed by atoms with Gasteiger partial charge >= 0.3 is 0 Å². The van der Waals surface area contributed by atoms with Crippen molar-refractivity contribution in [3.05, 3.63) is 52.7 Å². The van der Waals surface area contributed by atoms with Gasteiger partial charge in [0.25, 0.3) is 0 Å². The van der Waals surface area contributed by atoms with Crippen molar-refractivity contribution >= 4 is 23.0 Å². The molecular weight excluding hydrogens is 316 g/mol. The summed E-state index contributed by atoms with van der Waals surface area (Å²) < 4.78 is 0. The highest BCUT2D eigenvalue weighted by atomic mass is 32.1. The number of aliphatic imine (C=N–C) groups is 1. The first-order chi connectivity index (χ1) is 11.8. The predicted octanol–water partition coefficient (Wildman–Crippen LogP) is 3.69. The van der Waals surface area contributed by atoms with Gasteiger partial charge < -0.3 is 15.5 Å². The molecule has 130 valence electrons. The average Bonchev–Trinajstić information content (AvgIpc) is 3.13. The smallest absolute Gasteiger partial charge is 0.193 e. The lowest BCUT2D eigenvalue weighted by molar-refractivity contribution is 0.486. The van der Waals surface area contributed by atoms with Crippen molar-refractivity contribution in [2.75, 3.05) is 38.5 Å². The Morgan fingerprint density at radius 3 is 2.71 bits per heavy atom. The van der Waals surface area contributed by atoms with Crippen LogP contribution in [0.15, 0.2) is 52.8 Å². The zero-order valence-corrected chi connectivity index (χ0v) is 15.5. The van der Waals surface area contributed by atoms with Gasteiger partial charge in [-0.05, 0) is 43.3 Å². The summed E-state index contributed by atoms with van der Waals surface area (Å²) in [5, 5.41) is 8.93. The SMILES string of the molecule is CCNC(=NCCCNc1ccccc1)N(C)CCc1cccs1. The van der Waals surface area contributed by atoms with Gasteiger partial charge in [0.1, 0.15) is 0 Å². The number of likely N-dealkylation sites (N-methyl/N-ethyl adjacent to an activating group) is 1. The Bertz CT molecular complexity index is 581. The number of hydrogen-bond acceptors (Lipinski definition) is 3. The van der Waals surface area contributed by atoms with Crippen molar-refractivity contribution in [2.45, 2.75) is 19.8 Å². The number of anilines is 1. The second-order valence-electron chi connectivity index (χ2n) is 5.63. The fourth-order valence-corrected chi connectivity index (χ4v) is 3.06. The number of benzene rings is 1. The van der Waals surface area contributed by atoms with Gasteiger partial charge in [-0.3, -0.25) is 4.99 Å². The third-order valence-electron chi connectivity index (χ3n) is 3.67. The molecule has 1 heterocycles. The molecule has 1 aromatic carbocycles. The van der Waals surface area contributed by atoms with Gasteiger partial charge in [0.05, 0.1) is 0 Å². The maximum atomic E-state index is 4.74. The Morgan fingerprint density at radius 2 is 2.00 bits per heavy atom. The highest BCUT2D eigenvalue weighted by Gasteiger charge is 2.05. The number of nitrogens with zero attached hydrogens (tertiary/aromatic N) is 2. The summed E-state index contributed by atoms with van der Waals surface area (Å²) in [5.74, 6) is 0.994. The molecule has 0 spiro atoms. The number of nitrogens with one attached hydrogen (secondary N) is 2. The maximum Gasteiger partial charge on any atom is 0.193 e. The minimum atomic E-state index is 0.825. The van der Waals surface area contributed by atoms with Gasteiger partial charge in [-0.1, -0.05) is 24.3 Å². The van der Waals surface area contributed by atoms with E-state index < -0.39 is 0 Å². The van der Waals surface area contributed by atoms with E-state index in [9.17, 15) is 0 Å². The molecule has 1 aromatic heterocycles. The third kappa shape index (κ3) is 6.62. The fraction of sp³-hybridized carbons (Fsp3) is 0.421. The first-order valence-electron chi connectivity index (χ1n) is 8.60. The lowest BCUT2D eigenvalue weighted by Gasteiger charge is -2.21. The largest absolute Gasteiger partial charge is 0.385 e. The van der Waals surface area contributed by atoms with Crippen molar-refractivity contribution in [1.29, 1.82) is 0 Å². The summed E-state index contributed by atoms with van der Waals surface area (Å²) in [6.45, 7) is 5.75. The molecule has 5 heteroatoms. The predicted molar refractivity (Wildman–Crippen MR) is 106 cm³/mol. The minimum Gasteiger partial charge on any atom is -0.385 e. The van der Waals surface area contributed by atoms with Crippen LogP contribution in [-0.4, -0.2) is 44.1 Å². The summed E-state index contributed by atoms with van der Waals surface area (Å²) in [7, 11) is 2.11. The summed E-state index contributed by atoms with van der Waals surface area (Å²) in [5.41, 5.74) is 1.17. The molecule has 24 heavy (non-hydrogen) atoms. The Balaban J connectivity index is 1.72. The molecule has 0 atom stereocenters. The quantitative estimate of drug-likeness (QED) is 0.414. The molecule has 0 bridgehead atoms. The Labute approximate surface area is 149 Å². The van der Waals surface area contributed by atoms with Crippen LogP contribution in [0, 0.1) is 0 Å². The van der Waals surface area contributed by atoms with E-state index in [4.69, 9.17) is 4.99 Å². The van der Waals surface area contributed by atoms with Crippen molar-refractivity contribution in [3.63, 3.8) is 0 Å². The molecule has 0 amide bonds. The van der Waals surface area contributed by atoms with Gasteiger partial charge in [0, 0.05) is 43.8 Å². The third-order valence-corrected chi connectivity index (χ3v) is 4.61. The first-order valence-corrected chi connectivity index (χ1v) is 9.48. The summed E-state index contributed by atoms with van der Waals surface area (Å²) in [4.78, 5) is 8.38. The van der Waals surface area contributed by atoms with Crippen LogP contribution < -0.4 is 10.6 Å². The lowest BCUT2D eigenvalue weighted by Crippen LogP contribution is -2.40. The molecule has 4 nitrogen and oxygen atoms in total. The first kappa shape index (κ1) is 18.3. The second-order valence-corrected chi connectivity index (χ2v) is 6.67. The molecule has 2 aromatic rings. The Morgan fingerprint density at radius 1 is 1.17 bits per heavy atom. The van der Waals surface area contributed by atoms with Crippen molar-refractivity contribution in [2.24, 2.45) is 4.99 Å². The molecule has 0 unspecified atom stereocenters.